The van der Waals surface area contributed by atoms with Crippen LogP contribution in [0.5, 0.6) is 11.5 Å². The molecule has 2 N–H and O–H groups in total. The first kappa shape index (κ1) is 22.3. The van der Waals surface area contributed by atoms with Gasteiger partial charge in [0.25, 0.3) is 5.91 Å². The van der Waals surface area contributed by atoms with E-state index >= 15 is 0 Å². The molecule has 0 spiro atoms. The van der Waals surface area contributed by atoms with Gasteiger partial charge in [-0.1, -0.05) is 27.3 Å². The normalized spacial score (nSPS) is 13.7. The third-order valence-corrected chi connectivity index (χ3v) is 6.45. The van der Waals surface area contributed by atoms with E-state index < -0.39 is 5.91 Å². The first-order valence-electron chi connectivity index (χ1n) is 9.22. The van der Waals surface area contributed by atoms with Crippen LogP contribution in [-0.4, -0.2) is 57.3 Å². The number of ether oxygens (including phenoxy) is 3. The molecule has 1 aliphatic rings. The third-order valence-electron chi connectivity index (χ3n) is 4.49. The zero-order valence-corrected chi connectivity index (χ0v) is 19.3. The standard InChI is InChI=1S/C19H23BrN4O5S/c1-11-17(30-19(21-11)24-4-6-29-7-5-24)18(26)23-22-16(25)9-12-8-14(27-2)15(28-3)10-13(12)20/h8,10H,4-7,9H2,1-3H3,(H,22,25)(H,23,26). The number of benzene rings is 1. The van der Waals surface area contributed by atoms with Gasteiger partial charge in [0.1, 0.15) is 4.88 Å². The van der Waals surface area contributed by atoms with Crippen LogP contribution < -0.4 is 25.2 Å². The van der Waals surface area contributed by atoms with Crippen LogP contribution >= 0.6 is 27.3 Å². The molecule has 0 radical (unpaired) electrons. The van der Waals surface area contributed by atoms with E-state index in [2.05, 4.69) is 36.7 Å². The molecule has 0 aliphatic carbocycles. The Bertz CT molecular complexity index is 930. The van der Waals surface area contributed by atoms with Crippen LogP contribution in [0.1, 0.15) is 20.9 Å². The highest BCUT2D eigenvalue weighted by molar-refractivity contribution is 9.10. The lowest BCUT2D eigenvalue weighted by Gasteiger charge is -2.25. The molecular formula is C19H23BrN4O5S. The monoisotopic (exact) mass is 498 g/mol. The number of nitrogens with one attached hydrogen (secondary N) is 2. The van der Waals surface area contributed by atoms with E-state index in [4.69, 9.17) is 14.2 Å². The van der Waals surface area contributed by atoms with Crippen molar-refractivity contribution >= 4 is 44.2 Å². The predicted octanol–water partition coefficient (Wildman–Crippen LogP) is 2.07. The highest BCUT2D eigenvalue weighted by Gasteiger charge is 2.21. The van der Waals surface area contributed by atoms with Crippen LogP contribution in [-0.2, 0) is 16.0 Å². The number of anilines is 1. The number of aryl methyl sites for hydroxylation is 1. The number of hydrazine groups is 1. The Morgan fingerprint density at radius 1 is 1.20 bits per heavy atom. The molecule has 1 aromatic heterocycles. The highest BCUT2D eigenvalue weighted by atomic mass is 79.9. The summed E-state index contributed by atoms with van der Waals surface area (Å²) in [5.41, 5.74) is 6.24. The summed E-state index contributed by atoms with van der Waals surface area (Å²) in [4.78, 5) is 31.9. The first-order valence-corrected chi connectivity index (χ1v) is 10.8. The second-order valence-electron chi connectivity index (χ2n) is 6.49. The van der Waals surface area contributed by atoms with Gasteiger partial charge >= 0.3 is 0 Å². The maximum atomic E-state index is 12.5. The molecule has 9 nitrogen and oxygen atoms in total. The number of thiazole rings is 1. The number of halogens is 1. The van der Waals surface area contributed by atoms with Gasteiger partial charge < -0.3 is 19.1 Å². The molecule has 0 bridgehead atoms. The molecule has 30 heavy (non-hydrogen) atoms. The van der Waals surface area contributed by atoms with Gasteiger partial charge in [0.15, 0.2) is 16.6 Å². The molecule has 3 rings (SSSR count). The Kier molecular flexibility index (Phi) is 7.51. The van der Waals surface area contributed by atoms with E-state index in [-0.39, 0.29) is 12.3 Å². The molecule has 0 atom stereocenters. The summed E-state index contributed by atoms with van der Waals surface area (Å²) in [6.07, 6.45) is 0.0436. The highest BCUT2D eigenvalue weighted by Crippen LogP contribution is 2.33. The molecule has 0 unspecified atom stereocenters. The van der Waals surface area contributed by atoms with Gasteiger partial charge in [0.2, 0.25) is 5.91 Å². The van der Waals surface area contributed by atoms with Crippen LogP contribution in [0.25, 0.3) is 0 Å². The minimum Gasteiger partial charge on any atom is -0.493 e. The fraction of sp³-hybridized carbons (Fsp3) is 0.421. The predicted molar refractivity (Wildman–Crippen MR) is 116 cm³/mol. The van der Waals surface area contributed by atoms with Crippen molar-refractivity contribution in [3.05, 3.63) is 32.7 Å². The van der Waals surface area contributed by atoms with Crippen LogP contribution in [0.2, 0.25) is 0 Å². The van der Waals surface area contributed by atoms with Crippen molar-refractivity contribution in [2.45, 2.75) is 13.3 Å². The van der Waals surface area contributed by atoms with Gasteiger partial charge in [-0.25, -0.2) is 4.98 Å². The van der Waals surface area contributed by atoms with Gasteiger partial charge in [0, 0.05) is 17.6 Å². The van der Waals surface area contributed by atoms with Crippen LogP contribution in [0.3, 0.4) is 0 Å². The average molecular weight is 499 g/mol. The number of aromatic nitrogens is 1. The molecule has 2 amide bonds. The third kappa shape index (κ3) is 5.21. The van der Waals surface area contributed by atoms with Gasteiger partial charge in [-0.3, -0.25) is 20.4 Å². The number of amides is 2. The lowest BCUT2D eigenvalue weighted by atomic mass is 10.1. The lowest BCUT2D eigenvalue weighted by molar-refractivity contribution is -0.121. The van der Waals surface area contributed by atoms with Gasteiger partial charge in [-0.15, -0.1) is 0 Å². The molecule has 2 heterocycles. The van der Waals surface area contributed by atoms with Crippen molar-refractivity contribution in [3.8, 4) is 11.5 Å². The maximum Gasteiger partial charge on any atom is 0.281 e. The van der Waals surface area contributed by atoms with Crippen molar-refractivity contribution in [1.82, 2.24) is 15.8 Å². The number of hydrogen-bond donors (Lipinski definition) is 2. The number of carbonyl (C=O) groups is 2. The number of rotatable bonds is 6. The zero-order valence-electron chi connectivity index (χ0n) is 16.9. The number of nitrogens with zero attached hydrogens (tertiary/aromatic N) is 2. The van der Waals surface area contributed by atoms with Crippen molar-refractivity contribution in [2.24, 2.45) is 0 Å². The smallest absolute Gasteiger partial charge is 0.281 e. The summed E-state index contributed by atoms with van der Waals surface area (Å²) in [7, 11) is 3.07. The van der Waals surface area contributed by atoms with Gasteiger partial charge in [0.05, 0.1) is 39.5 Å². The molecular weight excluding hydrogens is 476 g/mol. The number of carbonyl (C=O) groups excluding carboxylic acids is 2. The molecule has 162 valence electrons. The van der Waals surface area contributed by atoms with Crippen molar-refractivity contribution in [1.29, 1.82) is 0 Å². The Balaban J connectivity index is 1.60. The van der Waals surface area contributed by atoms with Crippen molar-refractivity contribution < 1.29 is 23.8 Å². The molecule has 0 saturated carbocycles. The van der Waals surface area contributed by atoms with Gasteiger partial charge in [-0.2, -0.15) is 0 Å². The topological polar surface area (TPSA) is 102 Å². The van der Waals surface area contributed by atoms with E-state index in [9.17, 15) is 9.59 Å². The second kappa shape index (κ2) is 10.1. The number of methoxy groups -OCH3 is 2. The van der Waals surface area contributed by atoms with Crippen LogP contribution in [0.4, 0.5) is 5.13 Å². The molecule has 1 saturated heterocycles. The zero-order chi connectivity index (χ0) is 21.7. The summed E-state index contributed by atoms with van der Waals surface area (Å²) in [5, 5.41) is 0.779. The van der Waals surface area contributed by atoms with Crippen molar-refractivity contribution in [2.75, 3.05) is 45.4 Å². The molecule has 1 fully saturated rings. The lowest BCUT2D eigenvalue weighted by Crippen LogP contribution is -2.42. The maximum absolute atomic E-state index is 12.5. The Morgan fingerprint density at radius 2 is 1.87 bits per heavy atom. The number of hydrogen-bond acceptors (Lipinski definition) is 8. The van der Waals surface area contributed by atoms with Gasteiger partial charge in [-0.05, 0) is 24.6 Å². The van der Waals surface area contributed by atoms with Crippen molar-refractivity contribution in [3.63, 3.8) is 0 Å². The Morgan fingerprint density at radius 3 is 2.53 bits per heavy atom. The van der Waals surface area contributed by atoms with E-state index in [1.165, 1.54) is 25.6 Å². The SMILES string of the molecule is COc1cc(Br)c(CC(=O)NNC(=O)c2sc(N3CCOCC3)nc2C)cc1OC. The van der Waals surface area contributed by atoms with E-state index in [1.807, 2.05) is 0 Å². The van der Waals surface area contributed by atoms with E-state index in [0.717, 1.165) is 18.2 Å². The van der Waals surface area contributed by atoms with Crippen LogP contribution in [0.15, 0.2) is 16.6 Å². The Hall–Kier alpha value is -2.37. The average Bonchev–Trinajstić information content (AvgIpc) is 3.15. The minimum atomic E-state index is -0.399. The fourth-order valence-electron chi connectivity index (χ4n) is 2.91. The largest absolute Gasteiger partial charge is 0.493 e. The number of morpholine rings is 1. The Labute approximate surface area is 186 Å². The van der Waals surface area contributed by atoms with E-state index in [0.29, 0.717) is 45.3 Å². The molecule has 1 aromatic carbocycles. The summed E-state index contributed by atoms with van der Waals surface area (Å²) in [6.45, 7) is 4.54. The molecule has 11 heteroatoms. The summed E-state index contributed by atoms with van der Waals surface area (Å²) < 4.78 is 16.6. The quantitative estimate of drug-likeness (QED) is 0.587. The van der Waals surface area contributed by atoms with Crippen LogP contribution in [0, 0.1) is 6.92 Å². The summed E-state index contributed by atoms with van der Waals surface area (Å²) >= 11 is 4.72. The minimum absolute atomic E-state index is 0.0436. The summed E-state index contributed by atoms with van der Waals surface area (Å²) in [5.74, 6) is 0.304. The molecule has 2 aromatic rings. The van der Waals surface area contributed by atoms with E-state index in [1.54, 1.807) is 19.1 Å². The molecule has 1 aliphatic heterocycles. The summed E-state index contributed by atoms with van der Waals surface area (Å²) in [6, 6.07) is 3.44. The fourth-order valence-corrected chi connectivity index (χ4v) is 4.39. The first-order chi connectivity index (χ1) is 14.4. The second-order valence-corrected chi connectivity index (χ2v) is 8.32.